The van der Waals surface area contributed by atoms with Crippen LogP contribution in [0, 0.1) is 0 Å². The van der Waals surface area contributed by atoms with Crippen LogP contribution in [-0.4, -0.2) is 73.6 Å². The number of rotatable bonds is 5. The van der Waals surface area contributed by atoms with Gasteiger partial charge in [-0.2, -0.15) is 0 Å². The Morgan fingerprint density at radius 2 is 1.93 bits per heavy atom. The standard InChI is InChI=1S/C21H30N6O/c1-22-21(27-14-12-26(13-15-27)20-8-2-3-9-23-20)24-17-18(19-7-6-16-28-19)25-10-4-5-11-25/h2-3,6-9,16,18H,4-5,10-15,17H2,1H3,(H,22,24). The fraction of sp³-hybridized carbons (Fsp3) is 0.524. The number of nitrogens with one attached hydrogen (secondary N) is 1. The topological polar surface area (TPSA) is 60.1 Å². The van der Waals surface area contributed by atoms with Crippen LogP contribution in [0.15, 0.2) is 52.2 Å². The van der Waals surface area contributed by atoms with Gasteiger partial charge in [0.15, 0.2) is 5.96 Å². The lowest BCUT2D eigenvalue weighted by Gasteiger charge is -2.37. The molecule has 2 aromatic heterocycles. The molecule has 7 heteroatoms. The lowest BCUT2D eigenvalue weighted by Crippen LogP contribution is -2.53. The lowest BCUT2D eigenvalue weighted by molar-refractivity contribution is 0.213. The molecule has 2 aromatic rings. The van der Waals surface area contributed by atoms with E-state index in [1.165, 1.54) is 12.8 Å². The highest BCUT2D eigenvalue weighted by atomic mass is 16.3. The Bertz CT molecular complexity index is 734. The zero-order chi connectivity index (χ0) is 19.2. The summed E-state index contributed by atoms with van der Waals surface area (Å²) in [6.45, 7) is 6.84. The molecule has 1 unspecified atom stereocenters. The minimum absolute atomic E-state index is 0.254. The molecule has 0 aliphatic carbocycles. The molecule has 0 spiro atoms. The van der Waals surface area contributed by atoms with E-state index in [0.29, 0.717) is 0 Å². The van der Waals surface area contributed by atoms with Crippen LogP contribution < -0.4 is 10.2 Å². The third kappa shape index (κ3) is 4.30. The molecule has 0 aromatic carbocycles. The molecule has 2 aliphatic heterocycles. The van der Waals surface area contributed by atoms with E-state index in [4.69, 9.17) is 4.42 Å². The Labute approximate surface area is 167 Å². The van der Waals surface area contributed by atoms with Gasteiger partial charge in [0, 0.05) is 46.0 Å². The fourth-order valence-corrected chi connectivity index (χ4v) is 4.15. The number of guanidine groups is 1. The first-order valence-corrected chi connectivity index (χ1v) is 10.2. The van der Waals surface area contributed by atoms with Gasteiger partial charge in [0.25, 0.3) is 0 Å². The van der Waals surface area contributed by atoms with Gasteiger partial charge >= 0.3 is 0 Å². The van der Waals surface area contributed by atoms with Crippen molar-refractivity contribution in [3.63, 3.8) is 0 Å². The molecular formula is C21H30N6O. The molecule has 4 rings (SSSR count). The predicted octanol–water partition coefficient (Wildman–Crippen LogP) is 2.21. The summed E-state index contributed by atoms with van der Waals surface area (Å²) in [6.07, 6.45) is 6.15. The average molecular weight is 383 g/mol. The first-order chi connectivity index (χ1) is 13.8. The average Bonchev–Trinajstić information content (AvgIpc) is 3.47. The van der Waals surface area contributed by atoms with Crippen LogP contribution in [0.5, 0.6) is 0 Å². The van der Waals surface area contributed by atoms with Crippen molar-refractivity contribution >= 4 is 11.8 Å². The summed E-state index contributed by atoms with van der Waals surface area (Å²) >= 11 is 0. The molecule has 0 radical (unpaired) electrons. The van der Waals surface area contributed by atoms with Gasteiger partial charge in [-0.25, -0.2) is 4.98 Å². The molecule has 4 heterocycles. The second-order valence-corrected chi connectivity index (χ2v) is 7.36. The maximum atomic E-state index is 5.73. The Morgan fingerprint density at radius 3 is 2.57 bits per heavy atom. The number of piperazine rings is 1. The monoisotopic (exact) mass is 382 g/mol. The van der Waals surface area contributed by atoms with Crippen molar-refractivity contribution in [2.24, 2.45) is 4.99 Å². The maximum Gasteiger partial charge on any atom is 0.193 e. The summed E-state index contributed by atoms with van der Waals surface area (Å²) in [5, 5.41) is 3.60. The van der Waals surface area contributed by atoms with Crippen molar-refractivity contribution in [2.45, 2.75) is 18.9 Å². The van der Waals surface area contributed by atoms with Crippen molar-refractivity contribution in [1.29, 1.82) is 0 Å². The molecule has 0 amide bonds. The van der Waals surface area contributed by atoms with Crippen LogP contribution in [0.4, 0.5) is 5.82 Å². The number of hydrogen-bond donors (Lipinski definition) is 1. The Balaban J connectivity index is 1.34. The summed E-state index contributed by atoms with van der Waals surface area (Å²) in [4.78, 5) is 16.2. The van der Waals surface area contributed by atoms with Crippen molar-refractivity contribution < 1.29 is 4.42 Å². The van der Waals surface area contributed by atoms with E-state index >= 15 is 0 Å². The van der Waals surface area contributed by atoms with Gasteiger partial charge in [0.1, 0.15) is 11.6 Å². The highest BCUT2D eigenvalue weighted by Gasteiger charge is 2.27. The van der Waals surface area contributed by atoms with Crippen molar-refractivity contribution in [3.8, 4) is 0 Å². The number of furan rings is 1. The number of anilines is 1. The number of likely N-dealkylation sites (tertiary alicyclic amines) is 1. The van der Waals surface area contributed by atoms with Gasteiger partial charge in [-0.05, 0) is 50.2 Å². The van der Waals surface area contributed by atoms with E-state index in [1.54, 1.807) is 6.26 Å². The fourth-order valence-electron chi connectivity index (χ4n) is 4.15. The molecule has 0 saturated carbocycles. The van der Waals surface area contributed by atoms with Gasteiger partial charge in [-0.3, -0.25) is 9.89 Å². The largest absolute Gasteiger partial charge is 0.468 e. The van der Waals surface area contributed by atoms with Crippen molar-refractivity contribution in [3.05, 3.63) is 48.6 Å². The summed E-state index contributed by atoms with van der Waals surface area (Å²) < 4.78 is 5.73. The normalized spacial score (nSPS) is 19.8. The maximum absolute atomic E-state index is 5.73. The molecule has 1 atom stereocenters. The first kappa shape index (κ1) is 18.8. The van der Waals surface area contributed by atoms with Gasteiger partial charge in [0.2, 0.25) is 0 Å². The molecule has 28 heavy (non-hydrogen) atoms. The van der Waals surface area contributed by atoms with Crippen LogP contribution in [0.25, 0.3) is 0 Å². The molecular weight excluding hydrogens is 352 g/mol. The zero-order valence-electron chi connectivity index (χ0n) is 16.6. The van der Waals surface area contributed by atoms with Gasteiger partial charge < -0.3 is 19.5 Å². The van der Waals surface area contributed by atoms with Crippen LogP contribution in [0.3, 0.4) is 0 Å². The summed E-state index contributed by atoms with van der Waals surface area (Å²) in [5.74, 6) is 3.05. The highest BCUT2D eigenvalue weighted by molar-refractivity contribution is 5.80. The van der Waals surface area contributed by atoms with Crippen LogP contribution in [-0.2, 0) is 0 Å². The van der Waals surface area contributed by atoms with Crippen LogP contribution in [0.1, 0.15) is 24.6 Å². The third-order valence-electron chi connectivity index (χ3n) is 5.67. The molecule has 2 saturated heterocycles. The number of aromatic nitrogens is 1. The van der Waals surface area contributed by atoms with E-state index in [2.05, 4.69) is 42.1 Å². The lowest BCUT2D eigenvalue weighted by atomic mass is 10.2. The number of nitrogens with zero attached hydrogens (tertiary/aromatic N) is 5. The van der Waals surface area contributed by atoms with Gasteiger partial charge in [-0.15, -0.1) is 0 Å². The molecule has 0 bridgehead atoms. The first-order valence-electron chi connectivity index (χ1n) is 10.2. The van der Waals surface area contributed by atoms with E-state index in [0.717, 1.165) is 63.4 Å². The Hall–Kier alpha value is -2.54. The highest BCUT2D eigenvalue weighted by Crippen LogP contribution is 2.25. The Morgan fingerprint density at radius 1 is 1.11 bits per heavy atom. The van der Waals surface area contributed by atoms with Crippen molar-refractivity contribution in [2.75, 3.05) is 57.8 Å². The third-order valence-corrected chi connectivity index (χ3v) is 5.67. The zero-order valence-corrected chi connectivity index (χ0v) is 16.6. The minimum atomic E-state index is 0.254. The van der Waals surface area contributed by atoms with Gasteiger partial charge in [-0.1, -0.05) is 6.07 Å². The smallest absolute Gasteiger partial charge is 0.193 e. The van der Waals surface area contributed by atoms with E-state index in [1.807, 2.05) is 31.4 Å². The summed E-state index contributed by atoms with van der Waals surface area (Å²) in [5.41, 5.74) is 0. The molecule has 2 fully saturated rings. The quantitative estimate of drug-likeness (QED) is 0.632. The van der Waals surface area contributed by atoms with E-state index in [9.17, 15) is 0 Å². The molecule has 7 nitrogen and oxygen atoms in total. The second kappa shape index (κ2) is 9.10. The van der Waals surface area contributed by atoms with Gasteiger partial charge in [0.05, 0.1) is 12.3 Å². The van der Waals surface area contributed by atoms with E-state index < -0.39 is 0 Å². The molecule has 150 valence electrons. The van der Waals surface area contributed by atoms with Crippen molar-refractivity contribution in [1.82, 2.24) is 20.1 Å². The SMILES string of the molecule is CN=C(NCC(c1ccco1)N1CCCC1)N1CCN(c2ccccn2)CC1. The number of hydrogen-bond acceptors (Lipinski definition) is 5. The van der Waals surface area contributed by atoms with Crippen LogP contribution in [0.2, 0.25) is 0 Å². The summed E-state index contributed by atoms with van der Waals surface area (Å²) in [6, 6.07) is 10.4. The minimum Gasteiger partial charge on any atom is -0.468 e. The number of aliphatic imine (C=N–C) groups is 1. The Kier molecular flexibility index (Phi) is 6.11. The van der Waals surface area contributed by atoms with E-state index in [-0.39, 0.29) is 6.04 Å². The number of pyridine rings is 1. The molecule has 1 N–H and O–H groups in total. The predicted molar refractivity (Wildman–Crippen MR) is 112 cm³/mol. The molecule has 2 aliphatic rings. The summed E-state index contributed by atoms with van der Waals surface area (Å²) in [7, 11) is 1.87. The second-order valence-electron chi connectivity index (χ2n) is 7.36. The van der Waals surface area contributed by atoms with Crippen LogP contribution >= 0.6 is 0 Å².